The van der Waals surface area contributed by atoms with Crippen molar-refractivity contribution >= 4 is 5.96 Å². The van der Waals surface area contributed by atoms with Crippen LogP contribution < -0.4 is 15.4 Å². The third kappa shape index (κ3) is 5.98. The molecule has 0 saturated heterocycles. The third-order valence-corrected chi connectivity index (χ3v) is 2.92. The maximum absolute atomic E-state index is 13.1. The molecule has 0 bridgehead atoms. The first-order valence-electron chi connectivity index (χ1n) is 7.51. The predicted molar refractivity (Wildman–Crippen MR) is 85.8 cm³/mol. The lowest BCUT2D eigenvalue weighted by Gasteiger charge is -2.17. The van der Waals surface area contributed by atoms with Crippen molar-refractivity contribution in [2.75, 3.05) is 13.1 Å². The molecule has 0 fully saturated rings. The average molecular weight is 320 g/mol. The van der Waals surface area contributed by atoms with Crippen LogP contribution in [0.4, 0.5) is 4.39 Å². The van der Waals surface area contributed by atoms with E-state index in [0.29, 0.717) is 24.8 Å². The molecule has 0 radical (unpaired) electrons. The summed E-state index contributed by atoms with van der Waals surface area (Å²) in [4.78, 5) is 4.41. The van der Waals surface area contributed by atoms with Crippen molar-refractivity contribution in [1.29, 1.82) is 0 Å². The van der Waals surface area contributed by atoms with E-state index in [0.717, 1.165) is 12.2 Å². The highest BCUT2D eigenvalue weighted by atomic mass is 19.1. The lowest BCUT2D eigenvalue weighted by molar-refractivity contribution is 0.223. The molecule has 2 N–H and O–H groups in total. The summed E-state index contributed by atoms with van der Waals surface area (Å²) in [6, 6.07) is 7.86. The molecule has 2 rings (SSSR count). The molecule has 0 spiro atoms. The Labute approximate surface area is 134 Å². The van der Waals surface area contributed by atoms with Gasteiger partial charge in [0.25, 0.3) is 0 Å². The van der Waals surface area contributed by atoms with Gasteiger partial charge in [-0.25, -0.2) is 9.38 Å². The molecule has 1 atom stereocenters. The molecule has 1 aromatic carbocycles. The highest BCUT2D eigenvalue weighted by Gasteiger charge is 2.06. The van der Waals surface area contributed by atoms with Crippen LogP contribution in [0.3, 0.4) is 0 Å². The van der Waals surface area contributed by atoms with Crippen LogP contribution in [0.25, 0.3) is 0 Å². The maximum Gasteiger partial charge on any atom is 0.191 e. The number of nitrogens with zero attached hydrogens (tertiary/aromatic N) is 2. The number of aromatic nitrogens is 1. The van der Waals surface area contributed by atoms with Gasteiger partial charge >= 0.3 is 0 Å². The van der Waals surface area contributed by atoms with E-state index < -0.39 is 0 Å². The monoisotopic (exact) mass is 320 g/mol. The van der Waals surface area contributed by atoms with E-state index in [1.54, 1.807) is 18.2 Å². The number of nitrogens with one attached hydrogen (secondary N) is 2. The molecule has 2 aromatic rings. The van der Waals surface area contributed by atoms with Crippen molar-refractivity contribution in [3.63, 3.8) is 0 Å². The maximum atomic E-state index is 13.1. The van der Waals surface area contributed by atoms with Gasteiger partial charge in [-0.3, -0.25) is 0 Å². The van der Waals surface area contributed by atoms with Gasteiger partial charge in [-0.2, -0.15) is 0 Å². The van der Waals surface area contributed by atoms with E-state index in [1.807, 2.05) is 13.8 Å². The van der Waals surface area contributed by atoms with Crippen LogP contribution in [-0.2, 0) is 6.54 Å². The number of aliphatic imine (C=N–C) groups is 1. The van der Waals surface area contributed by atoms with E-state index in [2.05, 4.69) is 20.8 Å². The molecule has 1 aromatic heterocycles. The Kier molecular flexibility index (Phi) is 6.40. The van der Waals surface area contributed by atoms with Gasteiger partial charge in [0.05, 0.1) is 13.1 Å². The van der Waals surface area contributed by atoms with Crippen LogP contribution in [0, 0.1) is 5.82 Å². The van der Waals surface area contributed by atoms with Crippen molar-refractivity contribution in [2.24, 2.45) is 4.99 Å². The van der Waals surface area contributed by atoms with E-state index in [-0.39, 0.29) is 11.9 Å². The minimum Gasteiger partial charge on any atom is -0.489 e. The second kappa shape index (κ2) is 8.77. The molecule has 0 saturated carbocycles. The zero-order valence-electron chi connectivity index (χ0n) is 13.3. The Morgan fingerprint density at radius 1 is 1.39 bits per heavy atom. The number of ether oxygens (including phenoxy) is 1. The summed E-state index contributed by atoms with van der Waals surface area (Å²) >= 11 is 0. The summed E-state index contributed by atoms with van der Waals surface area (Å²) in [6.45, 7) is 5.58. The number of hydrogen-bond donors (Lipinski definition) is 2. The number of halogens is 1. The number of rotatable bonds is 7. The smallest absolute Gasteiger partial charge is 0.191 e. The summed E-state index contributed by atoms with van der Waals surface area (Å²) in [6.07, 6.45) is 1.37. The van der Waals surface area contributed by atoms with Gasteiger partial charge < -0.3 is 19.9 Å². The molecule has 0 aliphatic carbocycles. The van der Waals surface area contributed by atoms with Crippen molar-refractivity contribution in [2.45, 2.75) is 26.5 Å². The van der Waals surface area contributed by atoms with Gasteiger partial charge in [0.1, 0.15) is 29.6 Å². The Hall–Kier alpha value is -2.57. The first-order valence-corrected chi connectivity index (χ1v) is 7.51. The molecule has 7 heteroatoms. The van der Waals surface area contributed by atoms with Crippen molar-refractivity contribution < 1.29 is 13.7 Å². The molecule has 0 aliphatic rings. The molecule has 0 aliphatic heterocycles. The minimum atomic E-state index is -0.315. The predicted octanol–water partition coefficient (Wildman–Crippen LogP) is 2.34. The lowest BCUT2D eigenvalue weighted by atomic mass is 10.3. The fourth-order valence-electron chi connectivity index (χ4n) is 1.88. The molecule has 6 nitrogen and oxygen atoms in total. The SMILES string of the molecule is CCNC(=NCc1ccon1)NCC(C)Oc1cccc(F)c1. The molecule has 23 heavy (non-hydrogen) atoms. The third-order valence-electron chi connectivity index (χ3n) is 2.92. The Morgan fingerprint density at radius 2 is 2.26 bits per heavy atom. The van der Waals surface area contributed by atoms with Crippen LogP contribution in [0.1, 0.15) is 19.5 Å². The molecule has 124 valence electrons. The fourth-order valence-corrected chi connectivity index (χ4v) is 1.88. The Morgan fingerprint density at radius 3 is 2.96 bits per heavy atom. The normalized spacial score (nSPS) is 12.7. The van der Waals surface area contributed by atoms with Crippen molar-refractivity contribution in [1.82, 2.24) is 15.8 Å². The van der Waals surface area contributed by atoms with E-state index in [9.17, 15) is 4.39 Å². The first kappa shape index (κ1) is 16.8. The van der Waals surface area contributed by atoms with Gasteiger partial charge in [-0.15, -0.1) is 0 Å². The number of benzene rings is 1. The lowest BCUT2D eigenvalue weighted by Crippen LogP contribution is -2.41. The highest BCUT2D eigenvalue weighted by molar-refractivity contribution is 5.79. The second-order valence-electron chi connectivity index (χ2n) is 4.95. The molecular formula is C16H21FN4O2. The van der Waals surface area contributed by atoms with Gasteiger partial charge in [0.15, 0.2) is 5.96 Å². The van der Waals surface area contributed by atoms with Crippen LogP contribution in [0.5, 0.6) is 5.75 Å². The van der Waals surface area contributed by atoms with Crippen molar-refractivity contribution in [3.8, 4) is 5.75 Å². The zero-order valence-corrected chi connectivity index (χ0v) is 13.3. The van der Waals surface area contributed by atoms with Gasteiger partial charge in [-0.05, 0) is 26.0 Å². The summed E-state index contributed by atoms with van der Waals surface area (Å²) in [5.41, 5.74) is 0.756. The molecule has 1 unspecified atom stereocenters. The number of guanidine groups is 1. The van der Waals surface area contributed by atoms with Gasteiger partial charge in [0, 0.05) is 18.7 Å². The Balaban J connectivity index is 1.83. The topological polar surface area (TPSA) is 71.7 Å². The largest absolute Gasteiger partial charge is 0.489 e. The molecule has 0 amide bonds. The average Bonchev–Trinajstić information content (AvgIpc) is 3.03. The van der Waals surface area contributed by atoms with E-state index in [4.69, 9.17) is 9.26 Å². The first-order chi connectivity index (χ1) is 11.2. The van der Waals surface area contributed by atoms with Gasteiger partial charge in [0.2, 0.25) is 0 Å². The second-order valence-corrected chi connectivity index (χ2v) is 4.95. The van der Waals surface area contributed by atoms with Crippen molar-refractivity contribution in [3.05, 3.63) is 48.1 Å². The van der Waals surface area contributed by atoms with Crippen LogP contribution in [-0.4, -0.2) is 30.3 Å². The standard InChI is InChI=1S/C16H21FN4O2/c1-3-18-16(20-11-14-7-8-22-21-14)19-10-12(2)23-15-6-4-5-13(17)9-15/h4-9,12H,3,10-11H2,1-2H3,(H2,18,19,20). The van der Waals surface area contributed by atoms with Gasteiger partial charge in [-0.1, -0.05) is 11.2 Å². The highest BCUT2D eigenvalue weighted by Crippen LogP contribution is 2.13. The Bertz CT molecular complexity index is 616. The van der Waals surface area contributed by atoms with E-state index >= 15 is 0 Å². The molecule has 1 heterocycles. The minimum absolute atomic E-state index is 0.146. The molecular weight excluding hydrogens is 299 g/mol. The van der Waals surface area contributed by atoms with Crippen LogP contribution >= 0.6 is 0 Å². The summed E-state index contributed by atoms with van der Waals surface area (Å²) in [5.74, 6) is 0.846. The van der Waals surface area contributed by atoms with Crippen LogP contribution in [0.15, 0.2) is 46.1 Å². The summed E-state index contributed by atoms with van der Waals surface area (Å²) < 4.78 is 23.6. The van der Waals surface area contributed by atoms with Crippen LogP contribution in [0.2, 0.25) is 0 Å². The fraction of sp³-hybridized carbons (Fsp3) is 0.375. The van der Waals surface area contributed by atoms with E-state index in [1.165, 1.54) is 18.4 Å². The quantitative estimate of drug-likeness (QED) is 0.605. The summed E-state index contributed by atoms with van der Waals surface area (Å²) in [7, 11) is 0. The zero-order chi connectivity index (χ0) is 16.5. The summed E-state index contributed by atoms with van der Waals surface area (Å²) in [5, 5.41) is 10.1. The number of hydrogen-bond acceptors (Lipinski definition) is 4.